The van der Waals surface area contributed by atoms with Crippen molar-refractivity contribution in [3.8, 4) is 0 Å². The Morgan fingerprint density at radius 1 is 1.00 bits per heavy atom. The molecule has 136 valence electrons. The molecule has 0 atom stereocenters. The first kappa shape index (κ1) is 22.1. The summed E-state index contributed by atoms with van der Waals surface area (Å²) >= 11 is 0. The van der Waals surface area contributed by atoms with Crippen LogP contribution in [0.5, 0.6) is 0 Å². The molecule has 0 saturated carbocycles. The smallest absolute Gasteiger partial charge is 0.241 e. The van der Waals surface area contributed by atoms with E-state index in [2.05, 4.69) is 16.1 Å². The molecule has 0 radical (unpaired) electrons. The van der Waals surface area contributed by atoms with E-state index in [1.54, 1.807) is 0 Å². The van der Waals surface area contributed by atoms with Crippen LogP contribution in [0.1, 0.15) is 71.1 Å². The fourth-order valence-corrected chi connectivity index (χ4v) is 2.44. The maximum Gasteiger partial charge on any atom is 0.241 e. The van der Waals surface area contributed by atoms with Gasteiger partial charge in [0.2, 0.25) is 16.7 Å². The number of rotatable bonds is 12. The van der Waals surface area contributed by atoms with Crippen molar-refractivity contribution in [2.24, 2.45) is 7.05 Å². The third kappa shape index (κ3) is 19.0. The van der Waals surface area contributed by atoms with E-state index in [9.17, 15) is 13.0 Å². The maximum atomic E-state index is 10.1. The minimum absolute atomic E-state index is 0.0301. The Labute approximate surface area is 141 Å². The van der Waals surface area contributed by atoms with Crippen molar-refractivity contribution >= 4 is 10.4 Å². The van der Waals surface area contributed by atoms with Gasteiger partial charge in [0.05, 0.1) is 13.7 Å². The van der Waals surface area contributed by atoms with Gasteiger partial charge in [-0.25, -0.2) is 13.0 Å². The van der Waals surface area contributed by atoms with Gasteiger partial charge >= 0.3 is 0 Å². The van der Waals surface area contributed by atoms with E-state index in [0.29, 0.717) is 6.42 Å². The molecule has 0 amide bonds. The Morgan fingerprint density at radius 3 is 1.87 bits per heavy atom. The lowest BCUT2D eigenvalue weighted by Gasteiger charge is -2.06. The van der Waals surface area contributed by atoms with Gasteiger partial charge in [-0.05, 0) is 6.42 Å². The van der Waals surface area contributed by atoms with Gasteiger partial charge in [-0.15, -0.1) is 0 Å². The Bertz CT molecular complexity index is 447. The number of imidazole rings is 1. The highest BCUT2D eigenvalue weighted by Crippen LogP contribution is 2.10. The normalized spacial score (nSPS) is 11.1. The van der Waals surface area contributed by atoms with Gasteiger partial charge in [0, 0.05) is 0 Å². The molecule has 6 nitrogen and oxygen atoms in total. The summed E-state index contributed by atoms with van der Waals surface area (Å²) < 4.78 is 36.4. The summed E-state index contributed by atoms with van der Waals surface area (Å²) in [5, 5.41) is 0. The number of aromatic nitrogens is 2. The quantitative estimate of drug-likeness (QED) is 0.272. The third-order valence-electron chi connectivity index (χ3n) is 3.41. The highest BCUT2D eigenvalue weighted by Gasteiger charge is 1.95. The van der Waals surface area contributed by atoms with Crippen molar-refractivity contribution in [3.05, 3.63) is 18.7 Å². The molecular weight excluding hydrogens is 316 g/mol. The van der Waals surface area contributed by atoms with Crippen LogP contribution in [0.3, 0.4) is 0 Å². The first-order valence-corrected chi connectivity index (χ1v) is 9.87. The van der Waals surface area contributed by atoms with Crippen molar-refractivity contribution in [2.75, 3.05) is 6.61 Å². The van der Waals surface area contributed by atoms with Crippen LogP contribution in [0, 0.1) is 0 Å². The van der Waals surface area contributed by atoms with Crippen LogP contribution >= 0.6 is 0 Å². The molecule has 23 heavy (non-hydrogen) atoms. The predicted octanol–water partition coefficient (Wildman–Crippen LogP) is 3.22. The summed E-state index contributed by atoms with van der Waals surface area (Å²) in [4.78, 5) is 2.89. The summed E-state index contributed by atoms with van der Waals surface area (Å²) in [7, 11) is -2.52. The fraction of sp³-hybridized carbons (Fsp3) is 0.812. The molecule has 0 aliphatic carbocycles. The average Bonchev–Trinajstić information content (AvgIpc) is 2.95. The number of hydrogen-bond acceptors (Lipinski definition) is 4. The SMILES string of the molecule is CCCCCCCCCCCCOS(=O)(=O)[O-].C[n+]1cc[nH]c1. The number of aromatic amines is 1. The predicted molar refractivity (Wildman–Crippen MR) is 89.5 cm³/mol. The van der Waals surface area contributed by atoms with E-state index in [1.165, 1.54) is 44.9 Å². The van der Waals surface area contributed by atoms with Crippen LogP contribution in [0.25, 0.3) is 0 Å². The molecule has 0 fully saturated rings. The maximum absolute atomic E-state index is 10.1. The molecule has 0 aliphatic rings. The third-order valence-corrected chi connectivity index (χ3v) is 3.86. The van der Waals surface area contributed by atoms with Gasteiger partial charge < -0.3 is 4.55 Å². The summed E-state index contributed by atoms with van der Waals surface area (Å²) in [6.07, 6.45) is 17.4. The summed E-state index contributed by atoms with van der Waals surface area (Å²) in [5.41, 5.74) is 0. The van der Waals surface area contributed by atoms with E-state index in [1.807, 2.05) is 30.3 Å². The standard InChI is InChI=1S/C12H26O4S.C4H6N2/c1-2-3-4-5-6-7-8-9-10-11-12-16-17(13,14)15;1-6-3-2-5-4-6/h2-12H2,1H3,(H,13,14,15);2-4H,1H3. The monoisotopic (exact) mass is 348 g/mol. The number of hydrogen-bond donors (Lipinski definition) is 1. The zero-order chi connectivity index (χ0) is 17.4. The Hall–Kier alpha value is -0.920. The van der Waals surface area contributed by atoms with Gasteiger partial charge in [0.25, 0.3) is 0 Å². The van der Waals surface area contributed by atoms with Crippen molar-refractivity contribution in [1.29, 1.82) is 0 Å². The molecule has 1 heterocycles. The number of nitrogens with one attached hydrogen (secondary N) is 1. The van der Waals surface area contributed by atoms with Crippen molar-refractivity contribution in [3.63, 3.8) is 0 Å². The van der Waals surface area contributed by atoms with Crippen molar-refractivity contribution in [2.45, 2.75) is 71.1 Å². The van der Waals surface area contributed by atoms with Crippen molar-refractivity contribution in [1.82, 2.24) is 4.98 Å². The zero-order valence-corrected chi connectivity index (χ0v) is 15.3. The molecule has 0 bridgehead atoms. The van der Waals surface area contributed by atoms with Crippen molar-refractivity contribution < 1.29 is 21.7 Å². The van der Waals surface area contributed by atoms with Crippen LogP contribution < -0.4 is 4.57 Å². The molecule has 0 spiro atoms. The van der Waals surface area contributed by atoms with E-state index in [4.69, 9.17) is 0 Å². The van der Waals surface area contributed by atoms with Gasteiger partial charge in [-0.3, -0.25) is 9.17 Å². The van der Waals surface area contributed by atoms with Gasteiger partial charge in [0.1, 0.15) is 12.4 Å². The van der Waals surface area contributed by atoms with Crippen LogP contribution in [-0.4, -0.2) is 24.6 Å². The van der Waals surface area contributed by atoms with E-state index >= 15 is 0 Å². The van der Waals surface area contributed by atoms with E-state index in [-0.39, 0.29) is 6.61 Å². The molecule has 0 unspecified atom stereocenters. The summed E-state index contributed by atoms with van der Waals surface area (Å²) in [5.74, 6) is 0. The second kappa shape index (κ2) is 14.7. The Morgan fingerprint density at radius 2 is 1.52 bits per heavy atom. The Kier molecular flexibility index (Phi) is 14.1. The Balaban J connectivity index is 0.000000664. The van der Waals surface area contributed by atoms with E-state index in [0.717, 1.165) is 12.8 Å². The van der Waals surface area contributed by atoms with Gasteiger partial charge in [-0.1, -0.05) is 64.7 Å². The van der Waals surface area contributed by atoms with Crippen LogP contribution in [0.15, 0.2) is 18.7 Å². The topological polar surface area (TPSA) is 86.1 Å². The molecule has 0 saturated heterocycles. The summed E-state index contributed by atoms with van der Waals surface area (Å²) in [6.45, 7) is 2.24. The molecule has 0 aliphatic heterocycles. The molecule has 7 heteroatoms. The lowest BCUT2D eigenvalue weighted by atomic mass is 10.1. The number of nitrogens with zero attached hydrogens (tertiary/aromatic N) is 1. The van der Waals surface area contributed by atoms with Gasteiger partial charge in [0.15, 0.2) is 0 Å². The minimum atomic E-state index is -4.48. The lowest BCUT2D eigenvalue weighted by molar-refractivity contribution is -0.670. The summed E-state index contributed by atoms with van der Waals surface area (Å²) in [6, 6.07) is 0. The zero-order valence-electron chi connectivity index (χ0n) is 14.5. The fourth-order valence-electron chi connectivity index (χ4n) is 2.11. The highest BCUT2D eigenvalue weighted by molar-refractivity contribution is 7.80. The first-order valence-electron chi connectivity index (χ1n) is 8.54. The second-order valence-corrected chi connectivity index (χ2v) is 6.74. The number of H-pyrrole nitrogens is 1. The molecule has 1 aromatic heterocycles. The first-order chi connectivity index (χ1) is 11.0. The molecule has 1 rings (SSSR count). The molecule has 1 N–H and O–H groups in total. The lowest BCUT2D eigenvalue weighted by Crippen LogP contribution is -2.22. The highest BCUT2D eigenvalue weighted by atomic mass is 32.3. The molecular formula is C16H32N2O4S. The minimum Gasteiger partial charge on any atom is -0.726 e. The number of unbranched alkanes of at least 4 members (excludes halogenated alkanes) is 9. The second-order valence-electron chi connectivity index (χ2n) is 5.69. The van der Waals surface area contributed by atoms with E-state index < -0.39 is 10.4 Å². The van der Waals surface area contributed by atoms with Crippen LogP contribution in [-0.2, 0) is 21.6 Å². The van der Waals surface area contributed by atoms with Gasteiger partial charge in [-0.2, -0.15) is 0 Å². The average molecular weight is 349 g/mol. The molecule has 0 aromatic carbocycles. The molecule has 1 aromatic rings. The number of aryl methyl sites for hydroxylation is 1. The van der Waals surface area contributed by atoms with Crippen LogP contribution in [0.2, 0.25) is 0 Å². The largest absolute Gasteiger partial charge is 0.726 e. The van der Waals surface area contributed by atoms with Crippen LogP contribution in [0.4, 0.5) is 0 Å².